The third kappa shape index (κ3) is 3.68. The van der Waals surface area contributed by atoms with Gasteiger partial charge in [0.2, 0.25) is 10.0 Å². The molecular weight excluding hydrogens is 312 g/mol. The van der Waals surface area contributed by atoms with E-state index in [-0.39, 0.29) is 24.6 Å². The highest BCUT2D eigenvalue weighted by atomic mass is 32.2. The molecule has 0 fully saturated rings. The second kappa shape index (κ2) is 6.95. The first-order chi connectivity index (χ1) is 10.4. The molecule has 0 aliphatic rings. The van der Waals surface area contributed by atoms with Gasteiger partial charge in [-0.25, -0.2) is 17.2 Å². The van der Waals surface area contributed by atoms with Crippen molar-refractivity contribution in [2.24, 2.45) is 0 Å². The molecule has 0 aliphatic carbocycles. The van der Waals surface area contributed by atoms with Crippen LogP contribution in [-0.4, -0.2) is 31.0 Å². The van der Waals surface area contributed by atoms with Crippen LogP contribution in [0, 0.1) is 11.6 Å². The van der Waals surface area contributed by atoms with Crippen molar-refractivity contribution in [3.05, 3.63) is 65.7 Å². The van der Waals surface area contributed by atoms with Crippen LogP contribution in [0.4, 0.5) is 8.78 Å². The molecule has 0 bridgehead atoms. The van der Waals surface area contributed by atoms with Crippen LogP contribution in [0.15, 0.2) is 53.4 Å². The average molecular weight is 327 g/mol. The standard InChI is InChI=1S/C15H15F2NO3S/c16-14-7-6-13(10-15(14)17)22(20,21)18(8-9-19)11-12-4-2-1-3-5-12/h1-7,10,19H,8-9,11H2. The van der Waals surface area contributed by atoms with Gasteiger partial charge in [0.05, 0.1) is 11.5 Å². The summed E-state index contributed by atoms with van der Waals surface area (Å²) in [5.74, 6) is -2.35. The van der Waals surface area contributed by atoms with Gasteiger partial charge in [-0.15, -0.1) is 0 Å². The van der Waals surface area contributed by atoms with Crippen molar-refractivity contribution in [1.82, 2.24) is 4.31 Å². The van der Waals surface area contributed by atoms with Gasteiger partial charge in [-0.3, -0.25) is 0 Å². The second-order valence-corrected chi connectivity index (χ2v) is 6.56. The smallest absolute Gasteiger partial charge is 0.243 e. The van der Waals surface area contributed by atoms with Crippen molar-refractivity contribution in [3.63, 3.8) is 0 Å². The zero-order valence-electron chi connectivity index (χ0n) is 11.6. The van der Waals surface area contributed by atoms with E-state index in [1.165, 1.54) is 0 Å². The van der Waals surface area contributed by atoms with E-state index in [2.05, 4.69) is 0 Å². The Kier molecular flexibility index (Phi) is 5.23. The molecule has 0 saturated carbocycles. The highest BCUT2D eigenvalue weighted by Gasteiger charge is 2.25. The Morgan fingerprint density at radius 2 is 1.68 bits per heavy atom. The van der Waals surface area contributed by atoms with Crippen molar-refractivity contribution in [2.45, 2.75) is 11.4 Å². The maximum Gasteiger partial charge on any atom is 0.243 e. The number of nitrogens with zero attached hydrogens (tertiary/aromatic N) is 1. The lowest BCUT2D eigenvalue weighted by Crippen LogP contribution is -2.33. The number of hydrogen-bond donors (Lipinski definition) is 1. The largest absolute Gasteiger partial charge is 0.395 e. The molecule has 2 rings (SSSR count). The zero-order chi connectivity index (χ0) is 16.2. The number of aliphatic hydroxyl groups is 1. The molecule has 0 amide bonds. The van der Waals surface area contributed by atoms with Gasteiger partial charge >= 0.3 is 0 Å². The lowest BCUT2D eigenvalue weighted by atomic mass is 10.2. The molecule has 4 nitrogen and oxygen atoms in total. The SMILES string of the molecule is O=S(=O)(c1ccc(F)c(F)c1)N(CCO)Cc1ccccc1. The van der Waals surface area contributed by atoms with Crippen molar-refractivity contribution in [1.29, 1.82) is 0 Å². The fourth-order valence-electron chi connectivity index (χ4n) is 1.97. The number of aliphatic hydroxyl groups excluding tert-OH is 1. The molecule has 0 saturated heterocycles. The van der Waals surface area contributed by atoms with Gasteiger partial charge in [-0.2, -0.15) is 4.31 Å². The summed E-state index contributed by atoms with van der Waals surface area (Å²) in [6, 6.07) is 11.2. The van der Waals surface area contributed by atoms with Crippen molar-refractivity contribution < 1.29 is 22.3 Å². The lowest BCUT2D eigenvalue weighted by Gasteiger charge is -2.21. The van der Waals surface area contributed by atoms with E-state index >= 15 is 0 Å². The summed E-state index contributed by atoms with van der Waals surface area (Å²) < 4.78 is 52.3. The molecule has 0 radical (unpaired) electrons. The van der Waals surface area contributed by atoms with Gasteiger partial charge in [0, 0.05) is 13.1 Å². The van der Waals surface area contributed by atoms with Crippen LogP contribution in [0.2, 0.25) is 0 Å². The van der Waals surface area contributed by atoms with Crippen LogP contribution in [0.3, 0.4) is 0 Å². The van der Waals surface area contributed by atoms with Crippen LogP contribution < -0.4 is 0 Å². The molecule has 0 aromatic heterocycles. The van der Waals surface area contributed by atoms with Crippen LogP contribution in [0.5, 0.6) is 0 Å². The van der Waals surface area contributed by atoms with Gasteiger partial charge in [-0.05, 0) is 23.8 Å². The summed E-state index contributed by atoms with van der Waals surface area (Å²) >= 11 is 0. The summed E-state index contributed by atoms with van der Waals surface area (Å²) in [4.78, 5) is -0.351. The first-order valence-corrected chi connectivity index (χ1v) is 7.99. The van der Waals surface area contributed by atoms with Crippen molar-refractivity contribution in [2.75, 3.05) is 13.2 Å². The third-order valence-electron chi connectivity index (χ3n) is 3.08. The van der Waals surface area contributed by atoms with Gasteiger partial charge in [0.15, 0.2) is 11.6 Å². The number of sulfonamides is 1. The van der Waals surface area contributed by atoms with Crippen molar-refractivity contribution >= 4 is 10.0 Å². The Bertz CT molecular complexity index is 736. The first-order valence-electron chi connectivity index (χ1n) is 6.55. The lowest BCUT2D eigenvalue weighted by molar-refractivity contribution is 0.251. The Labute approximate surface area is 127 Å². The van der Waals surface area contributed by atoms with Gasteiger partial charge in [-0.1, -0.05) is 30.3 Å². The number of rotatable bonds is 6. The predicted molar refractivity (Wildman–Crippen MR) is 77.5 cm³/mol. The highest BCUT2D eigenvalue weighted by molar-refractivity contribution is 7.89. The molecule has 2 aromatic carbocycles. The number of hydrogen-bond acceptors (Lipinski definition) is 3. The van der Waals surface area contributed by atoms with E-state index < -0.39 is 21.7 Å². The minimum absolute atomic E-state index is 0.0305. The number of benzene rings is 2. The fraction of sp³-hybridized carbons (Fsp3) is 0.200. The first kappa shape index (κ1) is 16.5. The van der Waals surface area contributed by atoms with Crippen LogP contribution in [-0.2, 0) is 16.6 Å². The molecule has 2 aromatic rings. The molecular formula is C15H15F2NO3S. The molecule has 1 N–H and O–H groups in total. The molecule has 22 heavy (non-hydrogen) atoms. The van der Waals surface area contributed by atoms with Gasteiger partial charge in [0.1, 0.15) is 0 Å². The normalized spacial score (nSPS) is 11.8. The molecule has 0 unspecified atom stereocenters. The maximum absolute atomic E-state index is 13.3. The molecule has 0 heterocycles. The summed E-state index contributed by atoms with van der Waals surface area (Å²) in [5.41, 5.74) is 0.724. The van der Waals surface area contributed by atoms with Crippen LogP contribution in [0.25, 0.3) is 0 Å². The van der Waals surface area contributed by atoms with E-state index in [0.29, 0.717) is 6.07 Å². The predicted octanol–water partition coefficient (Wildman–Crippen LogP) is 2.15. The molecule has 7 heteroatoms. The average Bonchev–Trinajstić information content (AvgIpc) is 2.50. The Hall–Kier alpha value is -1.83. The van der Waals surface area contributed by atoms with E-state index in [1.54, 1.807) is 30.3 Å². The molecule has 118 valence electrons. The summed E-state index contributed by atoms with van der Waals surface area (Å²) in [6.45, 7) is -0.491. The molecule has 0 spiro atoms. The summed E-state index contributed by atoms with van der Waals surface area (Å²) in [5, 5.41) is 9.08. The van der Waals surface area contributed by atoms with Crippen LogP contribution >= 0.6 is 0 Å². The zero-order valence-corrected chi connectivity index (χ0v) is 12.4. The quantitative estimate of drug-likeness (QED) is 0.884. The third-order valence-corrected chi connectivity index (χ3v) is 4.92. The maximum atomic E-state index is 13.3. The van der Waals surface area contributed by atoms with E-state index in [9.17, 15) is 17.2 Å². The molecule has 0 aliphatic heterocycles. The monoisotopic (exact) mass is 327 g/mol. The highest BCUT2D eigenvalue weighted by Crippen LogP contribution is 2.20. The second-order valence-electron chi connectivity index (χ2n) is 4.62. The summed E-state index contributed by atoms with van der Waals surface area (Å²) in [6.07, 6.45) is 0. The van der Waals surface area contributed by atoms with Gasteiger partial charge < -0.3 is 5.11 Å². The topological polar surface area (TPSA) is 57.6 Å². The Morgan fingerprint density at radius 1 is 1.00 bits per heavy atom. The number of halogens is 2. The van der Waals surface area contributed by atoms with E-state index in [0.717, 1.165) is 22.0 Å². The summed E-state index contributed by atoms with van der Waals surface area (Å²) in [7, 11) is -4.03. The Balaban J connectivity index is 2.35. The van der Waals surface area contributed by atoms with Gasteiger partial charge in [0.25, 0.3) is 0 Å². The Morgan fingerprint density at radius 3 is 2.27 bits per heavy atom. The minimum atomic E-state index is -4.03. The fourth-order valence-corrected chi connectivity index (χ4v) is 3.40. The molecule has 0 atom stereocenters. The van der Waals surface area contributed by atoms with Crippen LogP contribution in [0.1, 0.15) is 5.56 Å². The van der Waals surface area contributed by atoms with E-state index in [1.807, 2.05) is 0 Å². The minimum Gasteiger partial charge on any atom is -0.395 e. The van der Waals surface area contributed by atoms with Crippen molar-refractivity contribution in [3.8, 4) is 0 Å². The van der Waals surface area contributed by atoms with E-state index in [4.69, 9.17) is 5.11 Å².